The van der Waals surface area contributed by atoms with Crippen molar-refractivity contribution in [2.24, 2.45) is 18.7 Å². The van der Waals surface area contributed by atoms with Crippen LogP contribution in [0.25, 0.3) is 0 Å². The first-order valence-electron chi connectivity index (χ1n) is 8.73. The smallest absolute Gasteiger partial charge is 0.228 e. The zero-order valence-electron chi connectivity index (χ0n) is 14.9. The summed E-state index contributed by atoms with van der Waals surface area (Å²) >= 11 is 0. The van der Waals surface area contributed by atoms with E-state index in [4.69, 9.17) is 5.73 Å². The third-order valence-electron chi connectivity index (χ3n) is 4.96. The second-order valence-electron chi connectivity index (χ2n) is 7.18. The summed E-state index contributed by atoms with van der Waals surface area (Å²) in [6, 6.07) is 0.291. The number of carbonyl (C=O) groups is 2. The zero-order valence-corrected chi connectivity index (χ0v) is 15.7. The molecule has 0 radical (unpaired) electrons. The molecule has 2 aliphatic rings. The number of carbonyl (C=O) groups excluding carboxylic acids is 2. The van der Waals surface area contributed by atoms with Gasteiger partial charge in [0.05, 0.1) is 12.1 Å². The lowest BCUT2D eigenvalue weighted by molar-refractivity contribution is -0.138. The molecule has 2 amide bonds. The zero-order chi connectivity index (χ0) is 17.3. The Morgan fingerprint density at radius 1 is 1.28 bits per heavy atom. The van der Waals surface area contributed by atoms with Crippen LogP contribution in [0, 0.1) is 5.92 Å². The molecule has 2 atom stereocenters. The lowest BCUT2D eigenvalue weighted by Crippen LogP contribution is -2.43. The summed E-state index contributed by atoms with van der Waals surface area (Å²) in [6.07, 6.45) is 7.43. The van der Waals surface area contributed by atoms with Gasteiger partial charge in [0.1, 0.15) is 0 Å². The molecule has 1 saturated heterocycles. The van der Waals surface area contributed by atoms with Crippen LogP contribution in [0.5, 0.6) is 0 Å². The Labute approximate surface area is 154 Å². The molecule has 0 aromatic carbocycles. The quantitative estimate of drug-likeness (QED) is 0.855. The Morgan fingerprint density at radius 2 is 2.00 bits per heavy atom. The van der Waals surface area contributed by atoms with E-state index in [-0.39, 0.29) is 36.2 Å². The summed E-state index contributed by atoms with van der Waals surface area (Å²) in [7, 11) is 1.88. The van der Waals surface area contributed by atoms with E-state index in [9.17, 15) is 9.59 Å². The number of hydrogen-bond acceptors (Lipinski definition) is 4. The number of nitrogens with two attached hydrogens (primary N) is 1. The number of nitrogens with zero attached hydrogens (tertiary/aromatic N) is 4. The Hall–Kier alpha value is -1.60. The van der Waals surface area contributed by atoms with Gasteiger partial charge in [0.15, 0.2) is 0 Å². The normalized spacial score (nSPS) is 23.6. The van der Waals surface area contributed by atoms with E-state index >= 15 is 0 Å². The molecule has 25 heavy (non-hydrogen) atoms. The van der Waals surface area contributed by atoms with E-state index in [0.717, 1.165) is 31.2 Å². The Kier molecular flexibility index (Phi) is 6.46. The second kappa shape index (κ2) is 8.19. The molecule has 1 aliphatic heterocycles. The van der Waals surface area contributed by atoms with Gasteiger partial charge in [-0.2, -0.15) is 5.10 Å². The van der Waals surface area contributed by atoms with Crippen LogP contribution in [-0.4, -0.2) is 56.6 Å². The van der Waals surface area contributed by atoms with Crippen molar-refractivity contribution in [2.45, 2.75) is 51.2 Å². The van der Waals surface area contributed by atoms with Crippen LogP contribution in [0.3, 0.4) is 0 Å². The Balaban J connectivity index is 0.00000225. The highest BCUT2D eigenvalue weighted by Gasteiger charge is 2.37. The van der Waals surface area contributed by atoms with Crippen LogP contribution in [0.1, 0.15) is 38.2 Å². The van der Waals surface area contributed by atoms with Crippen molar-refractivity contribution in [1.29, 1.82) is 0 Å². The summed E-state index contributed by atoms with van der Waals surface area (Å²) in [5.74, 6) is -0.00296. The minimum atomic E-state index is -0.153. The van der Waals surface area contributed by atoms with E-state index in [1.807, 2.05) is 24.3 Å². The van der Waals surface area contributed by atoms with Crippen molar-refractivity contribution in [1.82, 2.24) is 19.6 Å². The minimum Gasteiger partial charge on any atom is -0.341 e. The molecule has 1 aliphatic carbocycles. The first-order chi connectivity index (χ1) is 11.4. The van der Waals surface area contributed by atoms with E-state index in [1.165, 1.54) is 0 Å². The van der Waals surface area contributed by atoms with E-state index in [2.05, 4.69) is 5.10 Å². The molecule has 1 aromatic heterocycles. The molecule has 0 bridgehead atoms. The van der Waals surface area contributed by atoms with Crippen LogP contribution in [-0.2, 0) is 23.2 Å². The third kappa shape index (κ3) is 4.95. The molecule has 1 saturated carbocycles. The SMILES string of the molecule is CC(=O)N1C[C@@H](N)CC[C@@H](C(=O)N(Cc2cnn(C)c2)C2CC2)C1.Cl. The number of hydrogen-bond donors (Lipinski definition) is 1. The maximum absolute atomic E-state index is 13.1. The molecule has 140 valence electrons. The Morgan fingerprint density at radius 3 is 2.56 bits per heavy atom. The maximum atomic E-state index is 13.1. The molecule has 3 rings (SSSR count). The molecule has 2 N–H and O–H groups in total. The van der Waals surface area contributed by atoms with E-state index in [0.29, 0.717) is 25.7 Å². The minimum absolute atomic E-state index is 0. The largest absolute Gasteiger partial charge is 0.341 e. The van der Waals surface area contributed by atoms with Gasteiger partial charge in [-0.15, -0.1) is 12.4 Å². The second-order valence-corrected chi connectivity index (χ2v) is 7.18. The summed E-state index contributed by atoms with van der Waals surface area (Å²) in [5.41, 5.74) is 7.12. The van der Waals surface area contributed by atoms with Crippen LogP contribution in [0.15, 0.2) is 12.4 Å². The predicted octanol–water partition coefficient (Wildman–Crippen LogP) is 0.919. The van der Waals surface area contributed by atoms with Gasteiger partial charge < -0.3 is 15.5 Å². The molecule has 7 nitrogen and oxygen atoms in total. The van der Waals surface area contributed by atoms with Crippen molar-refractivity contribution >= 4 is 24.2 Å². The molecule has 2 heterocycles. The summed E-state index contributed by atoms with van der Waals surface area (Å²) in [5, 5.41) is 4.19. The summed E-state index contributed by atoms with van der Waals surface area (Å²) < 4.78 is 1.76. The fourth-order valence-electron chi connectivity index (χ4n) is 3.44. The van der Waals surface area contributed by atoms with Gasteiger partial charge in [-0.05, 0) is 25.7 Å². The standard InChI is InChI=1S/C17H27N5O2.ClH/c1-12(23)21-10-14(3-4-15(18)11-21)17(24)22(16-5-6-16)9-13-7-19-20(2)8-13;/h7-8,14-16H,3-6,9-11,18H2,1-2H3;1H/t14-,15+;/m1./s1. The van der Waals surface area contributed by atoms with Gasteiger partial charge >= 0.3 is 0 Å². The van der Waals surface area contributed by atoms with Crippen molar-refractivity contribution in [3.05, 3.63) is 18.0 Å². The van der Waals surface area contributed by atoms with Crippen LogP contribution in [0.4, 0.5) is 0 Å². The highest BCUT2D eigenvalue weighted by atomic mass is 35.5. The third-order valence-corrected chi connectivity index (χ3v) is 4.96. The first kappa shape index (κ1) is 19.7. The summed E-state index contributed by atoms with van der Waals surface area (Å²) in [4.78, 5) is 28.7. The van der Waals surface area contributed by atoms with Gasteiger partial charge in [0.2, 0.25) is 11.8 Å². The number of aromatic nitrogens is 2. The lowest BCUT2D eigenvalue weighted by Gasteiger charge is -2.29. The highest BCUT2D eigenvalue weighted by molar-refractivity contribution is 5.85. The number of amides is 2. The fourth-order valence-corrected chi connectivity index (χ4v) is 3.44. The molecule has 2 fully saturated rings. The molecule has 1 aromatic rings. The molecule has 8 heteroatoms. The lowest BCUT2D eigenvalue weighted by atomic mass is 10.00. The number of likely N-dealkylation sites (tertiary alicyclic amines) is 1. The summed E-state index contributed by atoms with van der Waals surface area (Å²) in [6.45, 7) is 3.18. The Bertz CT molecular complexity index is 616. The van der Waals surface area contributed by atoms with Crippen LogP contribution >= 0.6 is 12.4 Å². The van der Waals surface area contributed by atoms with Gasteiger partial charge in [-0.25, -0.2) is 0 Å². The average Bonchev–Trinajstić information content (AvgIpc) is 3.31. The van der Waals surface area contributed by atoms with Crippen LogP contribution < -0.4 is 5.73 Å². The monoisotopic (exact) mass is 369 g/mol. The maximum Gasteiger partial charge on any atom is 0.228 e. The van der Waals surface area contributed by atoms with Crippen molar-refractivity contribution in [3.8, 4) is 0 Å². The fraction of sp³-hybridized carbons (Fsp3) is 0.706. The predicted molar refractivity (Wildman–Crippen MR) is 97.0 cm³/mol. The van der Waals surface area contributed by atoms with Gasteiger partial charge in [-0.3, -0.25) is 14.3 Å². The van der Waals surface area contributed by atoms with E-state index < -0.39 is 0 Å². The molecular formula is C17H28ClN5O2. The number of aryl methyl sites for hydroxylation is 1. The number of halogens is 1. The first-order valence-corrected chi connectivity index (χ1v) is 8.73. The van der Waals surface area contributed by atoms with Crippen molar-refractivity contribution in [3.63, 3.8) is 0 Å². The number of rotatable bonds is 4. The topological polar surface area (TPSA) is 84.5 Å². The molecular weight excluding hydrogens is 342 g/mol. The van der Waals surface area contributed by atoms with E-state index in [1.54, 1.807) is 16.5 Å². The van der Waals surface area contributed by atoms with Crippen molar-refractivity contribution < 1.29 is 9.59 Å². The van der Waals surface area contributed by atoms with Gasteiger partial charge in [-0.1, -0.05) is 0 Å². The molecule has 0 spiro atoms. The average molecular weight is 370 g/mol. The van der Waals surface area contributed by atoms with Gasteiger partial charge in [0, 0.05) is 57.4 Å². The van der Waals surface area contributed by atoms with Crippen molar-refractivity contribution in [2.75, 3.05) is 13.1 Å². The molecule has 0 unspecified atom stereocenters. The highest BCUT2D eigenvalue weighted by Crippen LogP contribution is 2.31. The van der Waals surface area contributed by atoms with Crippen LogP contribution in [0.2, 0.25) is 0 Å². The van der Waals surface area contributed by atoms with Gasteiger partial charge in [0.25, 0.3) is 0 Å².